The number of amides is 1. The molecule has 182 valence electrons. The summed E-state index contributed by atoms with van der Waals surface area (Å²) in [4.78, 5) is 23.8. The molecule has 0 saturated carbocycles. The minimum absolute atomic E-state index is 0.192. The highest BCUT2D eigenvalue weighted by atomic mass is 35.5. The molecule has 4 rings (SSSR count). The molecule has 11 heteroatoms. The zero-order valence-corrected chi connectivity index (χ0v) is 20.9. The van der Waals surface area contributed by atoms with Gasteiger partial charge >= 0.3 is 0 Å². The van der Waals surface area contributed by atoms with Gasteiger partial charge in [0.15, 0.2) is 5.82 Å². The average molecular weight is 511 g/mol. The second-order valence-corrected chi connectivity index (χ2v) is 9.54. The van der Waals surface area contributed by atoms with Crippen molar-refractivity contribution in [3.05, 3.63) is 83.2 Å². The van der Waals surface area contributed by atoms with Gasteiger partial charge in [0.2, 0.25) is 5.91 Å². The number of aromatic nitrogens is 4. The molecule has 1 aliphatic rings. The highest BCUT2D eigenvalue weighted by Crippen LogP contribution is 2.42. The van der Waals surface area contributed by atoms with E-state index in [-0.39, 0.29) is 11.9 Å². The van der Waals surface area contributed by atoms with Gasteiger partial charge in [0.1, 0.15) is 12.1 Å². The summed E-state index contributed by atoms with van der Waals surface area (Å²) in [6.07, 6.45) is 3.08. The molecule has 1 atom stereocenters. The number of H-pyrrole nitrogens is 1. The van der Waals surface area contributed by atoms with Crippen LogP contribution in [0.2, 0.25) is 5.02 Å². The minimum atomic E-state index is -0.193. The van der Waals surface area contributed by atoms with Crippen LogP contribution >= 0.6 is 23.4 Å². The molecule has 0 radical (unpaired) electrons. The van der Waals surface area contributed by atoms with Crippen molar-refractivity contribution < 1.29 is 4.79 Å². The van der Waals surface area contributed by atoms with Gasteiger partial charge in [0.25, 0.3) is 0 Å². The summed E-state index contributed by atoms with van der Waals surface area (Å²) in [5.41, 5.74) is 9.42. The maximum absolute atomic E-state index is 11.5. The second kappa shape index (κ2) is 11.5. The summed E-state index contributed by atoms with van der Waals surface area (Å²) < 4.78 is 0. The van der Waals surface area contributed by atoms with E-state index < -0.39 is 0 Å². The van der Waals surface area contributed by atoms with Crippen LogP contribution in [0.5, 0.6) is 0 Å². The lowest BCUT2D eigenvalue weighted by atomic mass is 10.0. The Kier molecular flexibility index (Phi) is 8.19. The summed E-state index contributed by atoms with van der Waals surface area (Å²) in [6, 6.07) is 11.2. The Hall–Kier alpha value is -3.18. The van der Waals surface area contributed by atoms with E-state index in [2.05, 4.69) is 42.3 Å². The molecular weight excluding hydrogens is 484 g/mol. The largest absolute Gasteiger partial charge is 0.399 e. The van der Waals surface area contributed by atoms with Crippen molar-refractivity contribution >= 4 is 44.9 Å². The highest BCUT2D eigenvalue weighted by Gasteiger charge is 2.28. The highest BCUT2D eigenvalue weighted by molar-refractivity contribution is 8.16. The van der Waals surface area contributed by atoms with E-state index in [1.165, 1.54) is 25.0 Å². The number of hydrogen-bond acceptors (Lipinski definition) is 8. The second-order valence-electron chi connectivity index (χ2n) is 7.99. The van der Waals surface area contributed by atoms with Crippen molar-refractivity contribution in [3.8, 4) is 0 Å². The lowest BCUT2D eigenvalue weighted by Crippen LogP contribution is -2.46. The number of nitrogens with zero attached hydrogens (tertiary/aromatic N) is 4. The Morgan fingerprint density at radius 1 is 1.23 bits per heavy atom. The first kappa shape index (κ1) is 24.9. The molecule has 0 bridgehead atoms. The van der Waals surface area contributed by atoms with Crippen LogP contribution in [0.3, 0.4) is 0 Å². The zero-order chi connectivity index (χ0) is 24.8. The Bertz CT molecular complexity index is 1210. The quantitative estimate of drug-likeness (QED) is 0.363. The fourth-order valence-corrected chi connectivity index (χ4v) is 4.93. The van der Waals surface area contributed by atoms with Crippen LogP contribution in [0.15, 0.2) is 61.2 Å². The molecule has 1 fully saturated rings. The number of thioether (sulfide) groups is 1. The lowest BCUT2D eigenvalue weighted by Gasteiger charge is -2.36. The Morgan fingerprint density at radius 3 is 2.63 bits per heavy atom. The summed E-state index contributed by atoms with van der Waals surface area (Å²) in [5.74, 6) is 0.815. The summed E-state index contributed by atoms with van der Waals surface area (Å²) >= 11 is 7.57. The maximum Gasteiger partial charge on any atom is 0.222 e. The number of aromatic amines is 1. The molecule has 9 nitrogen and oxygen atoms in total. The fourth-order valence-electron chi connectivity index (χ4n) is 3.89. The first-order valence-corrected chi connectivity index (χ1v) is 12.3. The molecule has 0 spiro atoms. The lowest BCUT2D eigenvalue weighted by molar-refractivity contribution is -0.114. The maximum atomic E-state index is 11.5. The van der Waals surface area contributed by atoms with Crippen molar-refractivity contribution in [2.75, 3.05) is 31.5 Å². The number of anilines is 1. The van der Waals surface area contributed by atoms with Gasteiger partial charge < -0.3 is 16.4 Å². The Morgan fingerprint density at radius 2 is 1.97 bits per heavy atom. The van der Waals surface area contributed by atoms with Gasteiger partial charge in [-0.3, -0.25) is 14.8 Å². The number of nitrogens with one attached hydrogen (secondary N) is 3. The third kappa shape index (κ3) is 6.29. The molecule has 1 aliphatic heterocycles. The molecule has 1 saturated heterocycles. The van der Waals surface area contributed by atoms with Gasteiger partial charge in [-0.05, 0) is 35.4 Å². The van der Waals surface area contributed by atoms with Crippen molar-refractivity contribution in [2.24, 2.45) is 5.73 Å². The molecule has 3 heterocycles. The first-order chi connectivity index (χ1) is 16.9. The van der Waals surface area contributed by atoms with Crippen LogP contribution in [-0.4, -0.2) is 57.2 Å². The predicted molar refractivity (Wildman–Crippen MR) is 141 cm³/mol. The number of carbonyl (C=O) groups is 1. The molecule has 1 aromatic carbocycles. The Balaban J connectivity index is 1.73. The smallest absolute Gasteiger partial charge is 0.222 e. The van der Waals surface area contributed by atoms with E-state index in [4.69, 9.17) is 17.3 Å². The summed E-state index contributed by atoms with van der Waals surface area (Å²) in [6.45, 7) is 9.13. The zero-order valence-electron chi connectivity index (χ0n) is 19.3. The van der Waals surface area contributed by atoms with E-state index in [9.17, 15) is 4.79 Å². The number of pyridine rings is 1. The minimum Gasteiger partial charge on any atom is -0.399 e. The molecule has 35 heavy (non-hydrogen) atoms. The van der Waals surface area contributed by atoms with Crippen LogP contribution in [-0.2, 0) is 4.79 Å². The van der Waals surface area contributed by atoms with E-state index in [0.29, 0.717) is 22.4 Å². The number of nitrogens with two attached hydrogens (primary N) is 1. The number of piperazine rings is 1. The van der Waals surface area contributed by atoms with E-state index in [1.807, 2.05) is 30.3 Å². The predicted octanol–water partition coefficient (Wildman–Crippen LogP) is 3.49. The first-order valence-electron chi connectivity index (χ1n) is 11.1. The standard InChI is InChI=1S/C24H27ClN8OS/c1-15(18-7-8-28-20(13-18)31-16(2)34)35-23(24-29-14-30-32-24)21(26)22(33-11-9-27-10-12-33)17-3-5-19(25)6-4-17/h3-8,13-14,22,27H,1,9-12,26H2,2H3,(H,28,31,34)(H,29,30,32)/b23-21-. The van der Waals surface area contributed by atoms with E-state index in [0.717, 1.165) is 47.1 Å². The van der Waals surface area contributed by atoms with Crippen LogP contribution in [0.25, 0.3) is 9.81 Å². The average Bonchev–Trinajstić information content (AvgIpc) is 3.39. The van der Waals surface area contributed by atoms with Gasteiger partial charge in [-0.25, -0.2) is 9.97 Å². The SMILES string of the molecule is C=C(S/C(=C(\N)C(c1ccc(Cl)cc1)N1CCNCC1)c1ncn[nH]1)c1ccnc(NC(C)=O)c1. The third-order valence-electron chi connectivity index (χ3n) is 5.50. The third-order valence-corrected chi connectivity index (χ3v) is 6.87. The van der Waals surface area contributed by atoms with Crippen molar-refractivity contribution in [1.29, 1.82) is 0 Å². The normalized spacial score (nSPS) is 15.8. The van der Waals surface area contributed by atoms with Crippen LogP contribution in [0.1, 0.15) is 29.9 Å². The number of carbonyl (C=O) groups excluding carboxylic acids is 1. The monoisotopic (exact) mass is 510 g/mol. The van der Waals surface area contributed by atoms with Crippen LogP contribution in [0.4, 0.5) is 5.82 Å². The van der Waals surface area contributed by atoms with E-state index >= 15 is 0 Å². The molecule has 2 aromatic heterocycles. The summed E-state index contributed by atoms with van der Waals surface area (Å²) in [5, 5.41) is 13.8. The van der Waals surface area contributed by atoms with Gasteiger partial charge in [-0.2, -0.15) is 5.10 Å². The van der Waals surface area contributed by atoms with Gasteiger partial charge in [-0.1, -0.05) is 42.1 Å². The van der Waals surface area contributed by atoms with Crippen molar-refractivity contribution in [2.45, 2.75) is 13.0 Å². The number of halogens is 1. The van der Waals surface area contributed by atoms with Crippen molar-refractivity contribution in [1.82, 2.24) is 30.4 Å². The van der Waals surface area contributed by atoms with E-state index in [1.54, 1.807) is 12.3 Å². The van der Waals surface area contributed by atoms with Crippen LogP contribution < -0.4 is 16.4 Å². The molecule has 1 amide bonds. The van der Waals surface area contributed by atoms with Crippen LogP contribution in [0, 0.1) is 0 Å². The van der Waals surface area contributed by atoms with Gasteiger partial charge in [-0.15, -0.1) is 0 Å². The molecule has 3 aromatic rings. The van der Waals surface area contributed by atoms with Gasteiger partial charge in [0.05, 0.1) is 10.9 Å². The molecule has 0 aliphatic carbocycles. The Labute approximate surface area is 213 Å². The van der Waals surface area contributed by atoms with Gasteiger partial charge in [0, 0.05) is 54.9 Å². The molecular formula is C24H27ClN8OS. The number of rotatable bonds is 8. The number of hydrogen-bond donors (Lipinski definition) is 4. The number of benzene rings is 1. The molecule has 1 unspecified atom stereocenters. The topological polar surface area (TPSA) is 125 Å². The molecule has 5 N–H and O–H groups in total. The van der Waals surface area contributed by atoms with Crippen molar-refractivity contribution in [3.63, 3.8) is 0 Å². The fraction of sp³-hybridized carbons (Fsp3) is 0.250. The summed E-state index contributed by atoms with van der Waals surface area (Å²) in [7, 11) is 0.